The van der Waals surface area contributed by atoms with Gasteiger partial charge in [-0.2, -0.15) is 13.2 Å². The lowest BCUT2D eigenvalue weighted by Crippen LogP contribution is -2.48. The first-order valence-corrected chi connectivity index (χ1v) is 3.56. The highest BCUT2D eigenvalue weighted by Gasteiger charge is 2.27. The van der Waals surface area contributed by atoms with E-state index < -0.39 is 12.7 Å². The third-order valence-corrected chi connectivity index (χ3v) is 1.62. The molecule has 0 radical (unpaired) electrons. The molecular formula is C6H11F3N2. The lowest BCUT2D eigenvalue weighted by atomic mass is 10.0. The molecule has 0 spiro atoms. The summed E-state index contributed by atoms with van der Waals surface area (Å²) in [5, 5.41) is 5.35. The van der Waals surface area contributed by atoms with Crippen molar-refractivity contribution >= 4 is 0 Å². The van der Waals surface area contributed by atoms with Crippen molar-refractivity contribution in [1.82, 2.24) is 10.6 Å². The number of rotatable bonds is 3. The van der Waals surface area contributed by atoms with E-state index in [0.29, 0.717) is 12.5 Å². The monoisotopic (exact) mass is 168 g/mol. The van der Waals surface area contributed by atoms with Crippen LogP contribution in [0.1, 0.15) is 0 Å². The molecule has 0 aromatic rings. The van der Waals surface area contributed by atoms with Crippen LogP contribution in [-0.2, 0) is 0 Å². The third kappa shape index (κ3) is 3.57. The number of alkyl halides is 3. The largest absolute Gasteiger partial charge is 0.401 e. The molecule has 0 bridgehead atoms. The molecule has 0 saturated carbocycles. The maximum atomic E-state index is 11.5. The standard InChI is InChI=1S/C6H11F3N2/c7-6(8,9)4-11-3-5-1-10-2-5/h5,10-11H,1-4H2. The zero-order chi connectivity index (χ0) is 8.32. The van der Waals surface area contributed by atoms with Crippen molar-refractivity contribution in [2.75, 3.05) is 26.2 Å². The molecule has 66 valence electrons. The van der Waals surface area contributed by atoms with Crippen LogP contribution in [0.5, 0.6) is 0 Å². The Morgan fingerprint density at radius 3 is 2.36 bits per heavy atom. The number of hydrogen-bond donors (Lipinski definition) is 2. The second-order valence-corrected chi connectivity index (χ2v) is 2.77. The normalized spacial score (nSPS) is 19.9. The van der Waals surface area contributed by atoms with Crippen molar-refractivity contribution in [3.8, 4) is 0 Å². The van der Waals surface area contributed by atoms with Crippen LogP contribution in [0.2, 0.25) is 0 Å². The van der Waals surface area contributed by atoms with E-state index >= 15 is 0 Å². The minimum absolute atomic E-state index is 0.386. The summed E-state index contributed by atoms with van der Waals surface area (Å²) < 4.78 is 34.6. The van der Waals surface area contributed by atoms with Gasteiger partial charge in [-0.3, -0.25) is 0 Å². The van der Waals surface area contributed by atoms with E-state index in [1.807, 2.05) is 0 Å². The van der Waals surface area contributed by atoms with Gasteiger partial charge < -0.3 is 10.6 Å². The fourth-order valence-corrected chi connectivity index (χ4v) is 0.911. The molecule has 0 atom stereocenters. The Bertz CT molecular complexity index is 119. The van der Waals surface area contributed by atoms with E-state index in [4.69, 9.17) is 0 Å². The van der Waals surface area contributed by atoms with E-state index in [0.717, 1.165) is 13.1 Å². The van der Waals surface area contributed by atoms with Gasteiger partial charge in [-0.1, -0.05) is 0 Å². The molecule has 5 heteroatoms. The van der Waals surface area contributed by atoms with E-state index in [9.17, 15) is 13.2 Å². The fraction of sp³-hybridized carbons (Fsp3) is 1.00. The van der Waals surface area contributed by atoms with Gasteiger partial charge in [-0.15, -0.1) is 0 Å². The number of halogens is 3. The van der Waals surface area contributed by atoms with Gasteiger partial charge in [0.05, 0.1) is 6.54 Å². The predicted octanol–water partition coefficient (Wildman–Crippen LogP) is 0.358. The smallest absolute Gasteiger partial charge is 0.316 e. The van der Waals surface area contributed by atoms with Gasteiger partial charge in [0.2, 0.25) is 0 Å². The molecule has 1 aliphatic rings. The van der Waals surface area contributed by atoms with E-state index in [2.05, 4.69) is 10.6 Å². The predicted molar refractivity (Wildman–Crippen MR) is 35.3 cm³/mol. The molecule has 0 aromatic heterocycles. The first kappa shape index (κ1) is 8.80. The third-order valence-electron chi connectivity index (χ3n) is 1.62. The molecule has 1 rings (SSSR count). The fourth-order valence-electron chi connectivity index (χ4n) is 0.911. The average molecular weight is 168 g/mol. The van der Waals surface area contributed by atoms with Gasteiger partial charge in [-0.05, 0) is 5.92 Å². The Balaban J connectivity index is 1.95. The van der Waals surface area contributed by atoms with Gasteiger partial charge in [0, 0.05) is 19.6 Å². The zero-order valence-corrected chi connectivity index (χ0v) is 6.04. The quantitative estimate of drug-likeness (QED) is 0.635. The lowest BCUT2D eigenvalue weighted by molar-refractivity contribution is -0.125. The second-order valence-electron chi connectivity index (χ2n) is 2.77. The van der Waals surface area contributed by atoms with Crippen molar-refractivity contribution < 1.29 is 13.2 Å². The maximum absolute atomic E-state index is 11.5. The van der Waals surface area contributed by atoms with Crippen molar-refractivity contribution in [3.63, 3.8) is 0 Å². The second kappa shape index (κ2) is 3.40. The van der Waals surface area contributed by atoms with Crippen LogP contribution < -0.4 is 10.6 Å². The van der Waals surface area contributed by atoms with E-state index in [1.165, 1.54) is 0 Å². The van der Waals surface area contributed by atoms with Gasteiger partial charge in [0.1, 0.15) is 0 Å². The molecule has 2 N–H and O–H groups in total. The van der Waals surface area contributed by atoms with Crippen molar-refractivity contribution in [3.05, 3.63) is 0 Å². The first-order chi connectivity index (χ1) is 5.08. The minimum atomic E-state index is -4.07. The highest BCUT2D eigenvalue weighted by atomic mass is 19.4. The SMILES string of the molecule is FC(F)(F)CNCC1CNC1. The van der Waals surface area contributed by atoms with Crippen LogP contribution in [0.25, 0.3) is 0 Å². The minimum Gasteiger partial charge on any atom is -0.316 e. The van der Waals surface area contributed by atoms with E-state index in [1.54, 1.807) is 0 Å². The summed E-state index contributed by atoms with van der Waals surface area (Å²) >= 11 is 0. The first-order valence-electron chi connectivity index (χ1n) is 3.56. The van der Waals surface area contributed by atoms with Gasteiger partial charge in [0.25, 0.3) is 0 Å². The van der Waals surface area contributed by atoms with Crippen LogP contribution >= 0.6 is 0 Å². The lowest BCUT2D eigenvalue weighted by Gasteiger charge is -2.27. The maximum Gasteiger partial charge on any atom is 0.401 e. The van der Waals surface area contributed by atoms with Gasteiger partial charge in [-0.25, -0.2) is 0 Å². The molecule has 0 unspecified atom stereocenters. The summed E-state index contributed by atoms with van der Waals surface area (Å²) in [4.78, 5) is 0. The molecule has 1 aliphatic heterocycles. The Morgan fingerprint density at radius 2 is 2.00 bits per heavy atom. The Kier molecular flexibility index (Phi) is 2.72. The summed E-state index contributed by atoms with van der Waals surface area (Å²) in [6.07, 6.45) is -4.07. The van der Waals surface area contributed by atoms with Crippen molar-refractivity contribution in [1.29, 1.82) is 0 Å². The Labute approximate surface area is 63.2 Å². The highest BCUT2D eigenvalue weighted by Crippen LogP contribution is 2.12. The van der Waals surface area contributed by atoms with Crippen molar-refractivity contribution in [2.24, 2.45) is 5.92 Å². The number of nitrogens with one attached hydrogen (secondary N) is 2. The van der Waals surface area contributed by atoms with Crippen LogP contribution in [0.4, 0.5) is 13.2 Å². The molecule has 0 aliphatic carbocycles. The molecule has 1 saturated heterocycles. The average Bonchev–Trinajstić information content (AvgIpc) is 1.73. The molecule has 1 fully saturated rings. The van der Waals surface area contributed by atoms with Crippen LogP contribution in [0, 0.1) is 5.92 Å². The molecule has 0 amide bonds. The Morgan fingerprint density at radius 1 is 1.36 bits per heavy atom. The van der Waals surface area contributed by atoms with Gasteiger partial charge >= 0.3 is 6.18 Å². The van der Waals surface area contributed by atoms with Crippen LogP contribution in [0.3, 0.4) is 0 Å². The summed E-state index contributed by atoms with van der Waals surface area (Å²) in [5.74, 6) is 0.386. The summed E-state index contributed by atoms with van der Waals surface area (Å²) in [5.41, 5.74) is 0. The van der Waals surface area contributed by atoms with Crippen LogP contribution in [-0.4, -0.2) is 32.4 Å². The summed E-state index contributed by atoms with van der Waals surface area (Å²) in [6.45, 7) is 1.27. The molecule has 0 aromatic carbocycles. The topological polar surface area (TPSA) is 24.1 Å². The summed E-state index contributed by atoms with van der Waals surface area (Å²) in [6, 6.07) is 0. The van der Waals surface area contributed by atoms with Crippen LogP contribution in [0.15, 0.2) is 0 Å². The zero-order valence-electron chi connectivity index (χ0n) is 6.04. The summed E-state index contributed by atoms with van der Waals surface area (Å²) in [7, 11) is 0. The molecule has 1 heterocycles. The van der Waals surface area contributed by atoms with Crippen molar-refractivity contribution in [2.45, 2.75) is 6.18 Å². The molecular weight excluding hydrogens is 157 g/mol. The highest BCUT2D eigenvalue weighted by molar-refractivity contribution is 4.76. The number of hydrogen-bond acceptors (Lipinski definition) is 2. The molecule has 2 nitrogen and oxygen atoms in total. The van der Waals surface area contributed by atoms with E-state index in [-0.39, 0.29) is 0 Å². The Hall–Kier alpha value is -0.290. The van der Waals surface area contributed by atoms with Gasteiger partial charge in [0.15, 0.2) is 0 Å². The molecule has 11 heavy (non-hydrogen) atoms.